The first-order chi connectivity index (χ1) is 11.1. The van der Waals surface area contributed by atoms with Gasteiger partial charge in [0.1, 0.15) is 6.10 Å². The smallest absolute Gasteiger partial charge is 0.253 e. The molecule has 1 N–H and O–H groups in total. The normalized spacial score (nSPS) is 25.5. The van der Waals surface area contributed by atoms with Gasteiger partial charge in [0.25, 0.3) is 5.91 Å². The Morgan fingerprint density at radius 1 is 1.35 bits per heavy atom. The molecule has 3 rings (SSSR count). The van der Waals surface area contributed by atoms with Gasteiger partial charge in [-0.1, -0.05) is 24.6 Å². The lowest BCUT2D eigenvalue weighted by Gasteiger charge is -2.27. The number of carbonyl (C=O) groups is 1. The lowest BCUT2D eigenvalue weighted by Crippen LogP contribution is -2.35. The molecule has 2 unspecified atom stereocenters. The summed E-state index contributed by atoms with van der Waals surface area (Å²) < 4.78 is 10.8. The number of hydrogen-bond acceptors (Lipinski definition) is 4. The molecule has 0 bridgehead atoms. The number of nitrogens with zero attached hydrogens (tertiary/aromatic N) is 1. The van der Waals surface area contributed by atoms with Gasteiger partial charge in [0.15, 0.2) is 0 Å². The summed E-state index contributed by atoms with van der Waals surface area (Å²) in [5, 5.41) is 3.58. The third kappa shape index (κ3) is 4.23. The molecule has 2 atom stereocenters. The summed E-state index contributed by atoms with van der Waals surface area (Å²) >= 11 is 6.38. The van der Waals surface area contributed by atoms with Crippen molar-refractivity contribution in [2.45, 2.75) is 26.0 Å². The van der Waals surface area contributed by atoms with Crippen molar-refractivity contribution < 1.29 is 14.3 Å². The van der Waals surface area contributed by atoms with Crippen molar-refractivity contribution >= 4 is 23.2 Å². The summed E-state index contributed by atoms with van der Waals surface area (Å²) in [6.07, 6.45) is 0.568. The van der Waals surface area contributed by atoms with E-state index < -0.39 is 0 Å². The van der Waals surface area contributed by atoms with Gasteiger partial charge in [-0.2, -0.15) is 0 Å². The Morgan fingerprint density at radius 2 is 2.13 bits per heavy atom. The summed E-state index contributed by atoms with van der Waals surface area (Å²) in [6, 6.07) is 5.69. The fourth-order valence-corrected chi connectivity index (χ4v) is 3.24. The molecule has 1 aromatic rings. The Balaban J connectivity index is 1.61. The van der Waals surface area contributed by atoms with Gasteiger partial charge in [-0.3, -0.25) is 9.69 Å². The van der Waals surface area contributed by atoms with Crippen molar-refractivity contribution in [1.82, 2.24) is 4.90 Å². The Morgan fingerprint density at radius 3 is 2.78 bits per heavy atom. The first-order valence-electron chi connectivity index (χ1n) is 8.14. The molecule has 0 aromatic heterocycles. The molecule has 23 heavy (non-hydrogen) atoms. The Bertz CT molecular complexity index is 561. The van der Waals surface area contributed by atoms with Crippen molar-refractivity contribution in [1.29, 1.82) is 0 Å². The Hall–Kier alpha value is -1.14. The van der Waals surface area contributed by atoms with Crippen LogP contribution in [0.15, 0.2) is 18.2 Å². The summed E-state index contributed by atoms with van der Waals surface area (Å²) in [5.74, 6) is 0.165. The highest BCUT2D eigenvalue weighted by atomic mass is 35.5. The first-order valence-corrected chi connectivity index (χ1v) is 8.52. The van der Waals surface area contributed by atoms with Crippen molar-refractivity contribution in [3.63, 3.8) is 0 Å². The summed E-state index contributed by atoms with van der Waals surface area (Å²) in [5.41, 5.74) is 1.78. The van der Waals surface area contributed by atoms with Gasteiger partial charge in [0.2, 0.25) is 0 Å². The second kappa shape index (κ2) is 7.62. The molecular weight excluding hydrogens is 316 g/mol. The van der Waals surface area contributed by atoms with Gasteiger partial charge in [-0.15, -0.1) is 0 Å². The van der Waals surface area contributed by atoms with E-state index in [2.05, 4.69) is 10.2 Å². The molecule has 0 radical (unpaired) electrons. The van der Waals surface area contributed by atoms with Crippen LogP contribution in [0.2, 0.25) is 5.02 Å². The second-order valence-electron chi connectivity index (χ2n) is 6.24. The van der Waals surface area contributed by atoms with Crippen LogP contribution in [0.4, 0.5) is 5.69 Å². The molecule has 0 spiro atoms. The number of hydrogen-bond donors (Lipinski definition) is 1. The molecule has 2 heterocycles. The number of amides is 1. The molecule has 0 aliphatic carbocycles. The topological polar surface area (TPSA) is 50.8 Å². The van der Waals surface area contributed by atoms with E-state index in [1.807, 2.05) is 25.1 Å². The maximum atomic E-state index is 12.2. The average Bonchev–Trinajstić information content (AvgIpc) is 2.97. The summed E-state index contributed by atoms with van der Waals surface area (Å²) in [6.45, 7) is 6.88. The van der Waals surface area contributed by atoms with E-state index in [-0.39, 0.29) is 17.9 Å². The van der Waals surface area contributed by atoms with Crippen molar-refractivity contribution in [2.75, 3.05) is 38.2 Å². The summed E-state index contributed by atoms with van der Waals surface area (Å²) in [4.78, 5) is 14.6. The maximum Gasteiger partial charge on any atom is 0.253 e. The predicted molar refractivity (Wildman–Crippen MR) is 89.7 cm³/mol. The van der Waals surface area contributed by atoms with Gasteiger partial charge in [0, 0.05) is 37.0 Å². The number of nitrogens with one attached hydrogen (secondary N) is 1. The molecule has 1 amide bonds. The quantitative estimate of drug-likeness (QED) is 0.916. The molecule has 2 saturated heterocycles. The van der Waals surface area contributed by atoms with Crippen LogP contribution in [-0.2, 0) is 20.8 Å². The molecule has 126 valence electrons. The van der Waals surface area contributed by atoms with Crippen LogP contribution in [-0.4, -0.2) is 49.8 Å². The minimum absolute atomic E-state index is 0.0907. The first kappa shape index (κ1) is 16.7. The van der Waals surface area contributed by atoms with E-state index in [0.717, 1.165) is 44.8 Å². The largest absolute Gasteiger partial charge is 0.379 e. The van der Waals surface area contributed by atoms with Gasteiger partial charge >= 0.3 is 0 Å². The van der Waals surface area contributed by atoms with Crippen molar-refractivity contribution in [2.24, 2.45) is 5.92 Å². The molecule has 6 heteroatoms. The van der Waals surface area contributed by atoms with Crippen LogP contribution in [0.25, 0.3) is 0 Å². The molecule has 2 aliphatic heterocycles. The molecule has 0 saturated carbocycles. The zero-order valence-corrected chi connectivity index (χ0v) is 14.1. The monoisotopic (exact) mass is 338 g/mol. The van der Waals surface area contributed by atoms with Crippen molar-refractivity contribution in [3.8, 4) is 0 Å². The lowest BCUT2D eigenvalue weighted by atomic mass is 10.0. The van der Waals surface area contributed by atoms with Crippen molar-refractivity contribution in [3.05, 3.63) is 28.8 Å². The number of anilines is 1. The zero-order chi connectivity index (χ0) is 16.2. The van der Waals surface area contributed by atoms with Crippen LogP contribution in [0.5, 0.6) is 0 Å². The molecule has 1 aromatic carbocycles. The average molecular weight is 339 g/mol. The van der Waals surface area contributed by atoms with Gasteiger partial charge < -0.3 is 14.8 Å². The number of morpholine rings is 1. The summed E-state index contributed by atoms with van der Waals surface area (Å²) in [7, 11) is 0. The van der Waals surface area contributed by atoms with Crippen LogP contribution in [0, 0.1) is 5.92 Å². The van der Waals surface area contributed by atoms with Crippen LogP contribution >= 0.6 is 11.6 Å². The lowest BCUT2D eigenvalue weighted by molar-refractivity contribution is -0.126. The van der Waals surface area contributed by atoms with Gasteiger partial charge in [-0.05, 0) is 30.0 Å². The number of carbonyl (C=O) groups excluding carboxylic acids is 1. The minimum atomic E-state index is -0.359. The minimum Gasteiger partial charge on any atom is -0.379 e. The molecule has 2 aliphatic rings. The van der Waals surface area contributed by atoms with Crippen LogP contribution in [0.1, 0.15) is 18.9 Å². The van der Waals surface area contributed by atoms with E-state index in [1.54, 1.807) is 0 Å². The second-order valence-corrected chi connectivity index (χ2v) is 6.65. The van der Waals surface area contributed by atoms with Crippen LogP contribution in [0.3, 0.4) is 0 Å². The number of halogens is 1. The highest BCUT2D eigenvalue weighted by molar-refractivity contribution is 6.31. The highest BCUT2D eigenvalue weighted by Crippen LogP contribution is 2.25. The predicted octanol–water partition coefficient (Wildman–Crippen LogP) is 2.54. The number of ether oxygens (including phenoxy) is 2. The SMILES string of the molecule is CC1CCOC1C(=O)Nc1ccc(CN2CCOCC2)c(Cl)c1. The van der Waals surface area contributed by atoms with E-state index in [0.29, 0.717) is 17.3 Å². The zero-order valence-electron chi connectivity index (χ0n) is 13.4. The molecule has 2 fully saturated rings. The Labute approximate surface area is 141 Å². The standard InChI is InChI=1S/C17H23ClN2O3/c1-12-4-7-23-16(12)17(21)19-14-3-2-13(15(18)10-14)11-20-5-8-22-9-6-20/h2-3,10,12,16H,4-9,11H2,1H3,(H,19,21). The van der Waals surface area contributed by atoms with E-state index in [9.17, 15) is 4.79 Å². The van der Waals surface area contributed by atoms with Gasteiger partial charge in [0.05, 0.1) is 13.2 Å². The third-order valence-corrected chi connectivity index (χ3v) is 4.82. The maximum absolute atomic E-state index is 12.2. The number of benzene rings is 1. The highest BCUT2D eigenvalue weighted by Gasteiger charge is 2.30. The fraction of sp³-hybridized carbons (Fsp3) is 0.588. The van der Waals surface area contributed by atoms with E-state index in [4.69, 9.17) is 21.1 Å². The van der Waals surface area contributed by atoms with Crippen LogP contribution < -0.4 is 5.32 Å². The van der Waals surface area contributed by atoms with E-state index in [1.165, 1.54) is 0 Å². The number of rotatable bonds is 4. The molecular formula is C17H23ClN2O3. The molecule has 5 nitrogen and oxygen atoms in total. The Kier molecular flexibility index (Phi) is 5.54. The van der Waals surface area contributed by atoms with E-state index >= 15 is 0 Å². The third-order valence-electron chi connectivity index (χ3n) is 4.46. The fourth-order valence-electron chi connectivity index (χ4n) is 3.00. The van der Waals surface area contributed by atoms with Gasteiger partial charge in [-0.25, -0.2) is 0 Å².